The van der Waals surface area contributed by atoms with E-state index in [2.05, 4.69) is 15.2 Å². The molecule has 3 unspecified atom stereocenters. The Kier molecular flexibility index (Phi) is 8.90. The molecule has 0 fully saturated rings. The molecular formula is C30H35ClN4O4. The van der Waals surface area contributed by atoms with Crippen molar-refractivity contribution >= 4 is 29.1 Å². The first-order valence-electron chi connectivity index (χ1n) is 13.0. The number of aliphatic hydroxyl groups is 1. The Morgan fingerprint density at radius 3 is 2.59 bits per heavy atom. The molecule has 1 aliphatic heterocycles. The van der Waals surface area contributed by atoms with Gasteiger partial charge in [0.2, 0.25) is 0 Å². The van der Waals surface area contributed by atoms with Crippen LogP contribution in [0.15, 0.2) is 67.0 Å². The number of nitrogens with zero attached hydrogens (tertiary/aromatic N) is 3. The first-order valence-corrected chi connectivity index (χ1v) is 13.4. The first kappa shape index (κ1) is 28.5. The zero-order chi connectivity index (χ0) is 28.2. The molecule has 39 heavy (non-hydrogen) atoms. The van der Waals surface area contributed by atoms with Crippen molar-refractivity contribution < 1.29 is 19.4 Å². The van der Waals surface area contributed by atoms with Gasteiger partial charge in [0.25, 0.3) is 11.8 Å². The Hall–Kier alpha value is -3.46. The van der Waals surface area contributed by atoms with Gasteiger partial charge in [-0.2, -0.15) is 0 Å². The number of anilines is 1. The van der Waals surface area contributed by atoms with Crippen molar-refractivity contribution in [2.75, 3.05) is 32.1 Å². The van der Waals surface area contributed by atoms with Crippen LogP contribution in [0.3, 0.4) is 0 Å². The van der Waals surface area contributed by atoms with Gasteiger partial charge in [-0.05, 0) is 62.9 Å². The van der Waals surface area contributed by atoms with Crippen molar-refractivity contribution in [3.05, 3.63) is 88.7 Å². The van der Waals surface area contributed by atoms with Gasteiger partial charge in [0.05, 0.1) is 23.9 Å². The van der Waals surface area contributed by atoms with E-state index in [1.807, 2.05) is 52.1 Å². The molecule has 206 valence electrons. The predicted molar refractivity (Wildman–Crippen MR) is 152 cm³/mol. The second-order valence-corrected chi connectivity index (χ2v) is 10.9. The molecular weight excluding hydrogens is 516 g/mol. The number of amides is 2. The average Bonchev–Trinajstić information content (AvgIpc) is 2.92. The first-order chi connectivity index (χ1) is 18.6. The van der Waals surface area contributed by atoms with Gasteiger partial charge in [0.15, 0.2) is 5.75 Å². The molecule has 1 aromatic heterocycles. The summed E-state index contributed by atoms with van der Waals surface area (Å²) in [6.45, 7) is 7.34. The van der Waals surface area contributed by atoms with E-state index in [-0.39, 0.29) is 24.3 Å². The van der Waals surface area contributed by atoms with E-state index in [1.54, 1.807) is 47.6 Å². The number of ether oxygens (including phenoxy) is 1. The highest BCUT2D eigenvalue weighted by molar-refractivity contribution is 6.30. The van der Waals surface area contributed by atoms with E-state index in [1.165, 1.54) is 0 Å². The average molecular weight is 551 g/mol. The fourth-order valence-corrected chi connectivity index (χ4v) is 4.96. The van der Waals surface area contributed by atoms with E-state index in [0.29, 0.717) is 47.2 Å². The van der Waals surface area contributed by atoms with Crippen LogP contribution in [0, 0.1) is 5.92 Å². The van der Waals surface area contributed by atoms with Crippen LogP contribution >= 0.6 is 11.6 Å². The van der Waals surface area contributed by atoms with Crippen molar-refractivity contribution in [2.24, 2.45) is 5.92 Å². The lowest BCUT2D eigenvalue weighted by atomic mass is 9.87. The molecule has 0 aliphatic carbocycles. The summed E-state index contributed by atoms with van der Waals surface area (Å²) in [7, 11) is 2.02. The van der Waals surface area contributed by atoms with Gasteiger partial charge < -0.3 is 20.1 Å². The molecule has 0 saturated carbocycles. The smallest absolute Gasteiger partial charge is 0.258 e. The minimum absolute atomic E-state index is 0.111. The summed E-state index contributed by atoms with van der Waals surface area (Å²) < 4.78 is 6.76. The largest absolute Gasteiger partial charge is 0.483 e. The van der Waals surface area contributed by atoms with Crippen molar-refractivity contribution in [1.29, 1.82) is 0 Å². The van der Waals surface area contributed by atoms with Crippen molar-refractivity contribution in [1.82, 2.24) is 14.8 Å². The maximum Gasteiger partial charge on any atom is 0.258 e. The number of aromatic nitrogens is 1. The second kappa shape index (κ2) is 12.2. The number of aliphatic hydroxyl groups excluding tert-OH is 1. The highest BCUT2D eigenvalue weighted by Crippen LogP contribution is 2.39. The number of benzene rings is 2. The van der Waals surface area contributed by atoms with Gasteiger partial charge in [-0.3, -0.25) is 19.5 Å². The summed E-state index contributed by atoms with van der Waals surface area (Å²) >= 11 is 6.06. The topological polar surface area (TPSA) is 95.0 Å². The zero-order valence-corrected chi connectivity index (χ0v) is 23.5. The molecule has 3 aromatic rings. The summed E-state index contributed by atoms with van der Waals surface area (Å²) in [6, 6.07) is 15.7. The van der Waals surface area contributed by atoms with E-state index in [4.69, 9.17) is 16.3 Å². The Morgan fingerprint density at radius 2 is 1.92 bits per heavy atom. The van der Waals surface area contributed by atoms with Gasteiger partial charge in [-0.25, -0.2) is 0 Å². The number of halogens is 1. The quantitative estimate of drug-likeness (QED) is 0.421. The van der Waals surface area contributed by atoms with Crippen LogP contribution in [-0.4, -0.2) is 70.1 Å². The molecule has 0 radical (unpaired) electrons. The minimum atomic E-state index is -0.748. The van der Waals surface area contributed by atoms with Gasteiger partial charge in [-0.15, -0.1) is 0 Å². The van der Waals surface area contributed by atoms with E-state index >= 15 is 0 Å². The molecule has 0 spiro atoms. The highest BCUT2D eigenvalue weighted by Gasteiger charge is 2.42. The summed E-state index contributed by atoms with van der Waals surface area (Å²) in [5.41, 5.74) is 1.54. The Morgan fingerprint density at radius 1 is 1.23 bits per heavy atom. The van der Waals surface area contributed by atoms with Crippen LogP contribution in [0.2, 0.25) is 5.02 Å². The van der Waals surface area contributed by atoms with Gasteiger partial charge in [-0.1, -0.05) is 36.7 Å². The summed E-state index contributed by atoms with van der Waals surface area (Å²) in [4.78, 5) is 34.6. The number of rotatable bonds is 8. The van der Waals surface area contributed by atoms with Crippen LogP contribution < -0.4 is 10.1 Å². The molecule has 2 aromatic carbocycles. The number of hydrogen-bond donors (Lipinski definition) is 2. The number of hydrogen-bond acceptors (Lipinski definition) is 6. The predicted octanol–water partition coefficient (Wildman–Crippen LogP) is 4.73. The molecule has 2 N–H and O–H groups in total. The molecule has 2 amide bonds. The maximum atomic E-state index is 13.7. The van der Waals surface area contributed by atoms with Crippen LogP contribution in [-0.2, 0) is 6.54 Å². The SMILES string of the molecule is CC(CO)N1CC(C)C(C)(CN(C)Cc2ccc(Cl)cc2)Oc2c(NC(=O)c3ccncc3)cccc2C1=O. The van der Waals surface area contributed by atoms with Crippen LogP contribution in [0.4, 0.5) is 5.69 Å². The Bertz CT molecular complexity index is 1300. The molecule has 3 atom stereocenters. The fourth-order valence-electron chi connectivity index (χ4n) is 4.83. The summed E-state index contributed by atoms with van der Waals surface area (Å²) in [6.07, 6.45) is 3.10. The van der Waals surface area contributed by atoms with Crippen molar-refractivity contribution in [3.8, 4) is 5.75 Å². The Balaban J connectivity index is 1.71. The number of fused-ring (bicyclic) bond motifs is 1. The lowest BCUT2D eigenvalue weighted by Gasteiger charge is -2.44. The Labute approximate surface area is 234 Å². The maximum absolute atomic E-state index is 13.7. The number of likely N-dealkylation sites (N-methyl/N-ethyl adjacent to an activating group) is 1. The lowest BCUT2D eigenvalue weighted by molar-refractivity contribution is -0.0204. The third kappa shape index (κ3) is 6.58. The monoisotopic (exact) mass is 550 g/mol. The molecule has 9 heteroatoms. The van der Waals surface area contributed by atoms with Crippen LogP contribution in [0.1, 0.15) is 47.1 Å². The van der Waals surface area contributed by atoms with Gasteiger partial charge >= 0.3 is 0 Å². The summed E-state index contributed by atoms with van der Waals surface area (Å²) in [5, 5.41) is 13.6. The second-order valence-electron chi connectivity index (χ2n) is 10.5. The number of carbonyl (C=O) groups is 2. The molecule has 0 saturated heterocycles. The number of nitrogens with one attached hydrogen (secondary N) is 1. The van der Waals surface area contributed by atoms with E-state index in [9.17, 15) is 14.7 Å². The fraction of sp³-hybridized carbons (Fsp3) is 0.367. The summed E-state index contributed by atoms with van der Waals surface area (Å²) in [5.74, 6) is -0.386. The lowest BCUT2D eigenvalue weighted by Crippen LogP contribution is -2.56. The van der Waals surface area contributed by atoms with Gasteiger partial charge in [0.1, 0.15) is 5.60 Å². The molecule has 0 bridgehead atoms. The van der Waals surface area contributed by atoms with Crippen molar-refractivity contribution in [2.45, 2.75) is 39.0 Å². The van der Waals surface area contributed by atoms with Crippen molar-refractivity contribution in [3.63, 3.8) is 0 Å². The third-order valence-corrected chi connectivity index (χ3v) is 7.54. The number of para-hydroxylation sites is 1. The normalized spacial score (nSPS) is 20.0. The number of carbonyl (C=O) groups excluding carboxylic acids is 2. The molecule has 8 nitrogen and oxygen atoms in total. The molecule has 2 heterocycles. The highest BCUT2D eigenvalue weighted by atomic mass is 35.5. The van der Waals surface area contributed by atoms with Gasteiger partial charge in [0, 0.05) is 48.5 Å². The standard InChI is InChI=1S/C30H35ClN4O4/c1-20-16-35(21(2)18-36)29(38)25-6-5-7-26(33-28(37)23-12-14-32-15-13-23)27(25)39-30(20,3)19-34(4)17-22-8-10-24(31)11-9-22/h5-15,20-21,36H,16-19H2,1-4H3,(H,33,37). The molecule has 4 rings (SSSR count). The van der Waals surface area contributed by atoms with Crippen LogP contribution in [0.25, 0.3) is 0 Å². The van der Waals surface area contributed by atoms with E-state index < -0.39 is 11.6 Å². The van der Waals surface area contributed by atoms with E-state index in [0.717, 1.165) is 5.56 Å². The number of pyridine rings is 1. The minimum Gasteiger partial charge on any atom is -0.483 e. The zero-order valence-electron chi connectivity index (χ0n) is 22.7. The molecule has 1 aliphatic rings. The third-order valence-electron chi connectivity index (χ3n) is 7.29. The van der Waals surface area contributed by atoms with Crippen LogP contribution in [0.5, 0.6) is 5.75 Å².